The lowest BCUT2D eigenvalue weighted by atomic mass is 10.1. The quantitative estimate of drug-likeness (QED) is 0.833. The summed E-state index contributed by atoms with van der Waals surface area (Å²) in [6, 6.07) is 6.66. The van der Waals surface area contributed by atoms with Gasteiger partial charge >= 0.3 is 5.97 Å². The molecular formula is C17H16N2O4S2. The van der Waals surface area contributed by atoms with Crippen molar-refractivity contribution in [3.05, 3.63) is 45.8 Å². The molecule has 1 N–H and O–H groups in total. The molecule has 0 saturated carbocycles. The third-order valence-corrected chi connectivity index (χ3v) is 6.81. The predicted molar refractivity (Wildman–Crippen MR) is 96.1 cm³/mol. The minimum absolute atomic E-state index is 0.180. The predicted octanol–water partition coefficient (Wildman–Crippen LogP) is 2.97. The van der Waals surface area contributed by atoms with E-state index in [-0.39, 0.29) is 16.7 Å². The van der Waals surface area contributed by atoms with Crippen molar-refractivity contribution in [3.63, 3.8) is 0 Å². The van der Waals surface area contributed by atoms with Crippen molar-refractivity contribution >= 4 is 38.2 Å². The Hall–Kier alpha value is -2.19. The van der Waals surface area contributed by atoms with Gasteiger partial charge in [-0.1, -0.05) is 12.1 Å². The number of benzene rings is 1. The molecule has 0 atom stereocenters. The Morgan fingerprint density at radius 1 is 1.32 bits per heavy atom. The minimum Gasteiger partial charge on any atom is -0.462 e. The van der Waals surface area contributed by atoms with E-state index in [4.69, 9.17) is 4.74 Å². The lowest BCUT2D eigenvalue weighted by Crippen LogP contribution is -2.15. The molecule has 25 heavy (non-hydrogen) atoms. The number of ether oxygens (including phenoxy) is 1. The molecule has 8 heteroatoms. The third-order valence-electron chi connectivity index (χ3n) is 4.26. The van der Waals surface area contributed by atoms with Gasteiger partial charge in [0.05, 0.1) is 12.2 Å². The SMILES string of the molecule is CCOC(=O)c1c(NC2=NS(=O)(=O)c3ccccc32)sc2c1CCC2. The van der Waals surface area contributed by atoms with Crippen LogP contribution in [0.25, 0.3) is 0 Å². The first kappa shape index (κ1) is 16.3. The van der Waals surface area contributed by atoms with Crippen LogP contribution in [0.2, 0.25) is 0 Å². The summed E-state index contributed by atoms with van der Waals surface area (Å²) in [5, 5.41) is 3.68. The van der Waals surface area contributed by atoms with Gasteiger partial charge in [-0.2, -0.15) is 8.42 Å². The average Bonchev–Trinajstić information content (AvgIpc) is 3.21. The Morgan fingerprint density at radius 2 is 2.12 bits per heavy atom. The van der Waals surface area contributed by atoms with E-state index in [1.165, 1.54) is 17.4 Å². The molecule has 0 spiro atoms. The number of esters is 1. The van der Waals surface area contributed by atoms with Gasteiger partial charge < -0.3 is 10.1 Å². The molecular weight excluding hydrogens is 360 g/mol. The first-order valence-electron chi connectivity index (χ1n) is 8.04. The van der Waals surface area contributed by atoms with Gasteiger partial charge in [0, 0.05) is 10.4 Å². The number of nitrogens with one attached hydrogen (secondary N) is 1. The van der Waals surface area contributed by atoms with Crippen molar-refractivity contribution in [1.29, 1.82) is 0 Å². The lowest BCUT2D eigenvalue weighted by Gasteiger charge is -2.08. The Bertz CT molecular complexity index is 1010. The minimum atomic E-state index is -3.70. The standard InChI is InChI=1S/C17H16N2O4S2/c1-2-23-17(20)14-10-7-5-8-12(10)24-16(14)18-15-11-6-3-4-9-13(11)25(21,22)19-15/h3-4,6,9H,2,5,7-8H2,1H3,(H,18,19). The van der Waals surface area contributed by atoms with Gasteiger partial charge in [0.15, 0.2) is 5.84 Å². The second kappa shape index (κ2) is 5.96. The van der Waals surface area contributed by atoms with Crippen molar-refractivity contribution in [2.24, 2.45) is 4.40 Å². The molecule has 2 heterocycles. The molecule has 1 aromatic carbocycles. The highest BCUT2D eigenvalue weighted by atomic mass is 32.2. The zero-order valence-corrected chi connectivity index (χ0v) is 15.2. The van der Waals surface area contributed by atoms with Crippen LogP contribution < -0.4 is 5.32 Å². The molecule has 0 fully saturated rings. The molecule has 2 aliphatic rings. The number of amidine groups is 1. The zero-order chi connectivity index (χ0) is 17.6. The van der Waals surface area contributed by atoms with Crippen LogP contribution in [0.4, 0.5) is 5.00 Å². The molecule has 0 saturated heterocycles. The van der Waals surface area contributed by atoms with Crippen molar-refractivity contribution in [2.75, 3.05) is 11.9 Å². The van der Waals surface area contributed by atoms with Crippen LogP contribution >= 0.6 is 11.3 Å². The normalized spacial score (nSPS) is 16.9. The second-order valence-corrected chi connectivity index (χ2v) is 8.50. The van der Waals surface area contributed by atoms with E-state index < -0.39 is 10.0 Å². The summed E-state index contributed by atoms with van der Waals surface area (Å²) >= 11 is 1.48. The second-order valence-electron chi connectivity index (χ2n) is 5.82. The summed E-state index contributed by atoms with van der Waals surface area (Å²) in [6.45, 7) is 2.06. The highest BCUT2D eigenvalue weighted by Crippen LogP contribution is 2.40. The number of hydrogen-bond acceptors (Lipinski definition) is 6. The fourth-order valence-corrected chi connectivity index (χ4v) is 5.67. The number of rotatable bonds is 3. The van der Waals surface area contributed by atoms with Crippen molar-refractivity contribution in [2.45, 2.75) is 31.1 Å². The van der Waals surface area contributed by atoms with Crippen LogP contribution in [0.3, 0.4) is 0 Å². The van der Waals surface area contributed by atoms with Gasteiger partial charge in [0.25, 0.3) is 10.0 Å². The first-order valence-corrected chi connectivity index (χ1v) is 10.3. The monoisotopic (exact) mass is 376 g/mol. The van der Waals surface area contributed by atoms with E-state index in [0.717, 1.165) is 29.7 Å². The maximum absolute atomic E-state index is 12.4. The fourth-order valence-electron chi connectivity index (χ4n) is 3.21. The molecule has 1 aromatic heterocycles. The third kappa shape index (κ3) is 2.65. The maximum Gasteiger partial charge on any atom is 0.341 e. The number of fused-ring (bicyclic) bond motifs is 2. The van der Waals surface area contributed by atoms with Gasteiger partial charge in [-0.3, -0.25) is 0 Å². The van der Waals surface area contributed by atoms with Crippen LogP contribution in [-0.4, -0.2) is 26.8 Å². The topological polar surface area (TPSA) is 84.8 Å². The largest absolute Gasteiger partial charge is 0.462 e. The molecule has 1 aliphatic heterocycles. The summed E-state index contributed by atoms with van der Waals surface area (Å²) in [6.07, 6.45) is 2.78. The Morgan fingerprint density at radius 3 is 2.92 bits per heavy atom. The van der Waals surface area contributed by atoms with Gasteiger partial charge in [-0.05, 0) is 43.9 Å². The molecule has 2 aromatic rings. The van der Waals surface area contributed by atoms with Crippen molar-refractivity contribution in [1.82, 2.24) is 0 Å². The van der Waals surface area contributed by atoms with Crippen LogP contribution in [0.1, 0.15) is 39.7 Å². The van der Waals surface area contributed by atoms with Crippen LogP contribution in [0.15, 0.2) is 33.6 Å². The molecule has 0 unspecified atom stereocenters. The number of carbonyl (C=O) groups excluding carboxylic acids is 1. The van der Waals surface area contributed by atoms with Gasteiger partial charge in [0.2, 0.25) is 0 Å². The van der Waals surface area contributed by atoms with E-state index in [2.05, 4.69) is 9.71 Å². The summed E-state index contributed by atoms with van der Waals surface area (Å²) in [5.41, 5.74) is 2.05. The zero-order valence-electron chi connectivity index (χ0n) is 13.5. The van der Waals surface area contributed by atoms with Crippen molar-refractivity contribution < 1.29 is 17.9 Å². The maximum atomic E-state index is 12.4. The lowest BCUT2D eigenvalue weighted by molar-refractivity contribution is 0.0527. The summed E-state index contributed by atoms with van der Waals surface area (Å²) in [5.74, 6) is -0.125. The van der Waals surface area contributed by atoms with Crippen molar-refractivity contribution in [3.8, 4) is 0 Å². The summed E-state index contributed by atoms with van der Waals surface area (Å²) in [4.78, 5) is 13.8. The number of hydrogen-bond donors (Lipinski definition) is 1. The van der Waals surface area contributed by atoms with Crippen LogP contribution in [0.5, 0.6) is 0 Å². The smallest absolute Gasteiger partial charge is 0.341 e. The summed E-state index contributed by atoms with van der Waals surface area (Å²) in [7, 11) is -3.70. The number of anilines is 1. The molecule has 6 nitrogen and oxygen atoms in total. The highest BCUT2D eigenvalue weighted by molar-refractivity contribution is 7.90. The molecule has 130 valence electrons. The number of nitrogens with zero attached hydrogens (tertiary/aromatic N) is 1. The Kier molecular flexibility index (Phi) is 3.88. The average molecular weight is 376 g/mol. The van der Waals surface area contributed by atoms with Crippen LogP contribution in [0, 0.1) is 0 Å². The number of sulfonamides is 1. The molecule has 1 aliphatic carbocycles. The van der Waals surface area contributed by atoms with E-state index in [1.54, 1.807) is 25.1 Å². The summed E-state index contributed by atoms with van der Waals surface area (Å²) < 4.78 is 33.4. The molecule has 0 amide bonds. The van der Waals surface area contributed by atoms with E-state index >= 15 is 0 Å². The van der Waals surface area contributed by atoms with E-state index in [1.807, 2.05) is 0 Å². The fraction of sp³-hybridized carbons (Fsp3) is 0.294. The van der Waals surface area contributed by atoms with E-state index in [0.29, 0.717) is 22.7 Å². The number of carbonyl (C=O) groups is 1. The van der Waals surface area contributed by atoms with Crippen LogP contribution in [-0.2, 0) is 27.6 Å². The Labute approximate surface area is 149 Å². The molecule has 0 radical (unpaired) electrons. The molecule has 0 bridgehead atoms. The highest BCUT2D eigenvalue weighted by Gasteiger charge is 2.32. The van der Waals surface area contributed by atoms with Gasteiger partial charge in [-0.15, -0.1) is 15.7 Å². The van der Waals surface area contributed by atoms with Gasteiger partial charge in [0.1, 0.15) is 9.90 Å². The van der Waals surface area contributed by atoms with E-state index in [9.17, 15) is 13.2 Å². The molecule has 4 rings (SSSR count). The van der Waals surface area contributed by atoms with Gasteiger partial charge in [-0.25, -0.2) is 4.79 Å². The Balaban J connectivity index is 1.77. The number of thiophene rings is 1. The number of aryl methyl sites for hydroxylation is 1. The first-order chi connectivity index (χ1) is 12.0.